The van der Waals surface area contributed by atoms with Gasteiger partial charge in [-0.15, -0.1) is 0 Å². The van der Waals surface area contributed by atoms with Gasteiger partial charge in [-0.2, -0.15) is 0 Å². The molecule has 0 amide bonds. The molecule has 3 rings (SSSR count). The lowest BCUT2D eigenvalue weighted by Gasteiger charge is -2.08. The van der Waals surface area contributed by atoms with Crippen LogP contribution in [0.3, 0.4) is 0 Å². The number of nitrogens with zero attached hydrogens (tertiary/aromatic N) is 1. The van der Waals surface area contributed by atoms with Gasteiger partial charge in [0.15, 0.2) is 0 Å². The van der Waals surface area contributed by atoms with Crippen molar-refractivity contribution >= 4 is 21.8 Å². The molecule has 3 nitrogen and oxygen atoms in total. The first kappa shape index (κ1) is 22.7. The minimum absolute atomic E-state index is 1.10. The number of hydrogen-bond acceptors (Lipinski definition) is 3. The SMILES string of the molecule is CCCCNCCCc1ccc2cc3ccc(CCCNCCCC)cc3nc2c1. The molecule has 0 aliphatic carbocycles. The van der Waals surface area contributed by atoms with Crippen molar-refractivity contribution in [2.75, 3.05) is 26.2 Å². The second-order valence-corrected chi connectivity index (χ2v) is 8.46. The summed E-state index contributed by atoms with van der Waals surface area (Å²) in [5.41, 5.74) is 5.02. The standard InChI is InChI=1S/C27H39N3/c1-3-5-15-28-17-7-9-22-11-13-24-21-25-14-12-23(10-8-18-29-16-6-4-2)20-27(25)30-26(24)19-22/h11-14,19-21,28-29H,3-10,15-18H2,1-2H3. The van der Waals surface area contributed by atoms with E-state index in [1.807, 2.05) is 0 Å². The minimum atomic E-state index is 1.10. The Morgan fingerprint density at radius 1 is 0.600 bits per heavy atom. The van der Waals surface area contributed by atoms with Gasteiger partial charge in [0.1, 0.15) is 0 Å². The van der Waals surface area contributed by atoms with Crippen molar-refractivity contribution < 1.29 is 0 Å². The Labute approximate surface area is 182 Å². The normalized spacial score (nSPS) is 11.5. The molecule has 0 aliphatic rings. The molecule has 3 aromatic rings. The zero-order valence-corrected chi connectivity index (χ0v) is 19.0. The van der Waals surface area contributed by atoms with E-state index in [-0.39, 0.29) is 0 Å². The van der Waals surface area contributed by atoms with Gasteiger partial charge in [-0.25, -0.2) is 4.98 Å². The van der Waals surface area contributed by atoms with Crippen molar-refractivity contribution in [3.05, 3.63) is 53.6 Å². The van der Waals surface area contributed by atoms with Gasteiger partial charge in [-0.3, -0.25) is 0 Å². The van der Waals surface area contributed by atoms with E-state index in [2.05, 4.69) is 66.9 Å². The molecular formula is C27H39N3. The Hall–Kier alpha value is -1.97. The van der Waals surface area contributed by atoms with E-state index < -0.39 is 0 Å². The maximum absolute atomic E-state index is 5.01. The van der Waals surface area contributed by atoms with Crippen LogP contribution in [0.25, 0.3) is 21.8 Å². The largest absolute Gasteiger partial charge is 0.317 e. The Morgan fingerprint density at radius 3 is 1.53 bits per heavy atom. The zero-order chi connectivity index (χ0) is 21.0. The quantitative estimate of drug-likeness (QED) is 0.254. The van der Waals surface area contributed by atoms with Gasteiger partial charge in [0.2, 0.25) is 0 Å². The molecule has 2 aromatic carbocycles. The van der Waals surface area contributed by atoms with Crippen LogP contribution in [0.1, 0.15) is 63.5 Å². The number of aryl methyl sites for hydroxylation is 2. The summed E-state index contributed by atoms with van der Waals surface area (Å²) in [5.74, 6) is 0. The first-order chi connectivity index (χ1) is 14.8. The van der Waals surface area contributed by atoms with Crippen LogP contribution in [-0.4, -0.2) is 31.2 Å². The van der Waals surface area contributed by atoms with E-state index in [1.54, 1.807) is 0 Å². The average molecular weight is 406 g/mol. The number of benzene rings is 2. The summed E-state index contributed by atoms with van der Waals surface area (Å²) in [7, 11) is 0. The third-order valence-corrected chi connectivity index (χ3v) is 5.79. The Kier molecular flexibility index (Phi) is 9.59. The number of rotatable bonds is 14. The van der Waals surface area contributed by atoms with Gasteiger partial charge >= 0.3 is 0 Å². The number of unbranched alkanes of at least 4 members (excludes halogenated alkanes) is 2. The molecule has 0 radical (unpaired) electrons. The Balaban J connectivity index is 1.59. The highest BCUT2D eigenvalue weighted by molar-refractivity contribution is 5.93. The van der Waals surface area contributed by atoms with Gasteiger partial charge in [0.05, 0.1) is 11.0 Å². The highest BCUT2D eigenvalue weighted by Crippen LogP contribution is 2.22. The van der Waals surface area contributed by atoms with Crippen LogP contribution in [-0.2, 0) is 12.8 Å². The predicted molar refractivity (Wildman–Crippen MR) is 131 cm³/mol. The maximum atomic E-state index is 5.01. The second-order valence-electron chi connectivity index (χ2n) is 8.46. The molecule has 2 N–H and O–H groups in total. The molecule has 162 valence electrons. The average Bonchev–Trinajstić information content (AvgIpc) is 2.77. The molecule has 3 heteroatoms. The van der Waals surface area contributed by atoms with E-state index >= 15 is 0 Å². The van der Waals surface area contributed by atoms with Crippen LogP contribution in [0.15, 0.2) is 42.5 Å². The summed E-state index contributed by atoms with van der Waals surface area (Å²) in [6.07, 6.45) is 9.64. The van der Waals surface area contributed by atoms with Crippen LogP contribution in [0.4, 0.5) is 0 Å². The summed E-state index contributed by atoms with van der Waals surface area (Å²) in [6, 6.07) is 15.8. The molecule has 1 aromatic heterocycles. The number of aromatic nitrogens is 1. The molecule has 0 unspecified atom stereocenters. The smallest absolute Gasteiger partial charge is 0.0712 e. The molecule has 0 aliphatic heterocycles. The number of nitrogens with one attached hydrogen (secondary N) is 2. The molecule has 0 fully saturated rings. The van der Waals surface area contributed by atoms with Gasteiger partial charge in [-0.05, 0) is 94.0 Å². The fourth-order valence-corrected chi connectivity index (χ4v) is 3.91. The van der Waals surface area contributed by atoms with E-state index in [1.165, 1.54) is 60.4 Å². The van der Waals surface area contributed by atoms with Crippen molar-refractivity contribution in [1.82, 2.24) is 15.6 Å². The second kappa shape index (κ2) is 12.7. The minimum Gasteiger partial charge on any atom is -0.317 e. The Morgan fingerprint density at radius 2 is 1.07 bits per heavy atom. The lowest BCUT2D eigenvalue weighted by Crippen LogP contribution is -2.16. The molecule has 0 saturated heterocycles. The van der Waals surface area contributed by atoms with E-state index in [0.717, 1.165) is 50.1 Å². The molecular weight excluding hydrogens is 366 g/mol. The van der Waals surface area contributed by atoms with Crippen LogP contribution in [0.5, 0.6) is 0 Å². The van der Waals surface area contributed by atoms with Crippen LogP contribution >= 0.6 is 0 Å². The molecule has 0 atom stereocenters. The molecule has 30 heavy (non-hydrogen) atoms. The summed E-state index contributed by atoms with van der Waals surface area (Å²) >= 11 is 0. The fourth-order valence-electron chi connectivity index (χ4n) is 3.91. The van der Waals surface area contributed by atoms with Crippen molar-refractivity contribution in [2.45, 2.75) is 65.2 Å². The van der Waals surface area contributed by atoms with Gasteiger partial charge in [-0.1, -0.05) is 51.0 Å². The number of pyridine rings is 1. The van der Waals surface area contributed by atoms with E-state index in [0.29, 0.717) is 0 Å². The topological polar surface area (TPSA) is 37.0 Å². The highest BCUT2D eigenvalue weighted by atomic mass is 14.8. The Bertz CT molecular complexity index is 832. The summed E-state index contributed by atoms with van der Waals surface area (Å²) in [6.45, 7) is 8.95. The van der Waals surface area contributed by atoms with Crippen molar-refractivity contribution in [1.29, 1.82) is 0 Å². The number of hydrogen-bond donors (Lipinski definition) is 2. The van der Waals surface area contributed by atoms with Gasteiger partial charge in [0.25, 0.3) is 0 Å². The van der Waals surface area contributed by atoms with Crippen LogP contribution < -0.4 is 10.6 Å². The monoisotopic (exact) mass is 405 g/mol. The molecule has 0 bridgehead atoms. The first-order valence-corrected chi connectivity index (χ1v) is 12.0. The van der Waals surface area contributed by atoms with E-state index in [4.69, 9.17) is 4.98 Å². The van der Waals surface area contributed by atoms with Crippen molar-refractivity contribution in [3.8, 4) is 0 Å². The molecule has 0 spiro atoms. The number of fused-ring (bicyclic) bond motifs is 2. The molecule has 0 saturated carbocycles. The third-order valence-electron chi connectivity index (χ3n) is 5.79. The third kappa shape index (κ3) is 7.07. The summed E-state index contributed by atoms with van der Waals surface area (Å²) < 4.78 is 0. The van der Waals surface area contributed by atoms with Crippen molar-refractivity contribution in [3.63, 3.8) is 0 Å². The predicted octanol–water partition coefficient (Wildman–Crippen LogP) is 6.03. The lowest BCUT2D eigenvalue weighted by atomic mass is 10.0. The van der Waals surface area contributed by atoms with Gasteiger partial charge in [0, 0.05) is 10.8 Å². The molecule has 1 heterocycles. The summed E-state index contributed by atoms with van der Waals surface area (Å²) in [5, 5.41) is 9.54. The van der Waals surface area contributed by atoms with Crippen LogP contribution in [0, 0.1) is 0 Å². The lowest BCUT2D eigenvalue weighted by molar-refractivity contribution is 0.617. The van der Waals surface area contributed by atoms with E-state index in [9.17, 15) is 0 Å². The highest BCUT2D eigenvalue weighted by Gasteiger charge is 2.04. The summed E-state index contributed by atoms with van der Waals surface area (Å²) in [4.78, 5) is 5.01. The van der Waals surface area contributed by atoms with Gasteiger partial charge < -0.3 is 10.6 Å². The zero-order valence-electron chi connectivity index (χ0n) is 19.0. The van der Waals surface area contributed by atoms with Crippen LogP contribution in [0.2, 0.25) is 0 Å². The maximum Gasteiger partial charge on any atom is 0.0712 e. The van der Waals surface area contributed by atoms with Crippen molar-refractivity contribution in [2.24, 2.45) is 0 Å². The fraction of sp³-hybridized carbons (Fsp3) is 0.519. The first-order valence-electron chi connectivity index (χ1n) is 12.0.